The second-order valence-electron chi connectivity index (χ2n) is 11.5. The first-order valence-corrected chi connectivity index (χ1v) is 17.4. The highest BCUT2D eigenvalue weighted by Crippen LogP contribution is 2.43. The fourth-order valence-electron chi connectivity index (χ4n) is 7.08. The Morgan fingerprint density at radius 1 is 0.478 bits per heavy atom. The third kappa shape index (κ3) is 4.37. The van der Waals surface area contributed by atoms with E-state index in [0.717, 1.165) is 27.9 Å². The monoisotopic (exact) mass is 603 g/mol. The van der Waals surface area contributed by atoms with Crippen LogP contribution in [-0.4, -0.2) is 13.1 Å². The number of hydrogen-bond donors (Lipinski definition) is 0. The number of pyridine rings is 1. The number of fused-ring (bicyclic) bond motifs is 2. The summed E-state index contributed by atoms with van der Waals surface area (Å²) in [5, 5.41) is 14.9. The third-order valence-electron chi connectivity index (χ3n) is 9.05. The topological polar surface area (TPSA) is 39.9 Å². The van der Waals surface area contributed by atoms with Crippen molar-refractivity contribution in [1.82, 2.24) is 4.98 Å². The molecule has 0 atom stereocenters. The van der Waals surface area contributed by atoms with E-state index in [4.69, 9.17) is 0 Å². The lowest BCUT2D eigenvalue weighted by Gasteiger charge is -2.45. The molecule has 8 rings (SSSR count). The molecule has 4 heteroatoms. The summed E-state index contributed by atoms with van der Waals surface area (Å²) in [5.74, 6) is 0. The van der Waals surface area contributed by atoms with Gasteiger partial charge in [0.15, 0.2) is 8.07 Å². The van der Waals surface area contributed by atoms with Crippen molar-refractivity contribution in [2.45, 2.75) is 0 Å². The number of nitrogens with zero attached hydrogens (tertiary/aromatic N) is 3. The molecule has 1 aromatic heterocycles. The molecule has 0 fully saturated rings. The number of aromatic nitrogens is 1. The van der Waals surface area contributed by atoms with Crippen LogP contribution in [0.2, 0.25) is 0 Å². The SMILES string of the molecule is N#Cc1cncc(-c2ccc(-c3ccccc3N3c4ccccc4[Si](c4ccccc4)(c4ccccc4)c4ccccc43)cc2)c1. The van der Waals surface area contributed by atoms with Crippen LogP contribution in [0, 0.1) is 11.3 Å². The van der Waals surface area contributed by atoms with Gasteiger partial charge in [0, 0.05) is 34.9 Å². The highest BCUT2D eigenvalue weighted by Gasteiger charge is 2.48. The Hall–Kier alpha value is -6.02. The molecule has 1 aliphatic rings. The summed E-state index contributed by atoms with van der Waals surface area (Å²) < 4.78 is 0. The van der Waals surface area contributed by atoms with Crippen molar-refractivity contribution in [3.8, 4) is 28.3 Å². The van der Waals surface area contributed by atoms with Crippen LogP contribution in [0.25, 0.3) is 22.3 Å². The van der Waals surface area contributed by atoms with Crippen molar-refractivity contribution >= 4 is 45.9 Å². The lowest BCUT2D eigenvalue weighted by atomic mass is 9.98. The predicted molar refractivity (Wildman–Crippen MR) is 192 cm³/mol. The maximum Gasteiger partial charge on any atom is 0.184 e. The normalized spacial score (nSPS) is 12.9. The zero-order chi connectivity index (χ0) is 30.9. The van der Waals surface area contributed by atoms with E-state index in [-0.39, 0.29) is 0 Å². The molecule has 7 aromatic rings. The number of rotatable bonds is 5. The average Bonchev–Trinajstić information content (AvgIpc) is 3.15. The van der Waals surface area contributed by atoms with Crippen molar-refractivity contribution in [3.63, 3.8) is 0 Å². The number of hydrogen-bond acceptors (Lipinski definition) is 3. The zero-order valence-electron chi connectivity index (χ0n) is 25.1. The van der Waals surface area contributed by atoms with Crippen molar-refractivity contribution < 1.29 is 0 Å². The second-order valence-corrected chi connectivity index (χ2v) is 15.3. The Bertz CT molecular complexity index is 2130. The van der Waals surface area contributed by atoms with Crippen LogP contribution in [0.4, 0.5) is 17.1 Å². The van der Waals surface area contributed by atoms with Gasteiger partial charge in [0.05, 0.1) is 11.3 Å². The summed E-state index contributed by atoms with van der Waals surface area (Å²) in [6.45, 7) is 0. The minimum absolute atomic E-state index is 0.556. The van der Waals surface area contributed by atoms with E-state index in [9.17, 15) is 5.26 Å². The summed E-state index contributed by atoms with van der Waals surface area (Å²) in [6.07, 6.45) is 3.40. The maximum atomic E-state index is 9.37. The van der Waals surface area contributed by atoms with E-state index in [2.05, 4.69) is 174 Å². The van der Waals surface area contributed by atoms with E-state index in [0.29, 0.717) is 5.56 Å². The van der Waals surface area contributed by atoms with E-state index < -0.39 is 8.07 Å². The molecule has 46 heavy (non-hydrogen) atoms. The Morgan fingerprint density at radius 3 is 1.57 bits per heavy atom. The fraction of sp³-hybridized carbons (Fsp3) is 0. The Labute approximate surface area is 270 Å². The van der Waals surface area contributed by atoms with E-state index in [1.54, 1.807) is 12.4 Å². The van der Waals surface area contributed by atoms with Crippen molar-refractivity contribution in [3.05, 3.63) is 182 Å². The van der Waals surface area contributed by atoms with E-state index in [1.165, 1.54) is 32.1 Å². The molecule has 0 radical (unpaired) electrons. The highest BCUT2D eigenvalue weighted by atomic mass is 28.3. The van der Waals surface area contributed by atoms with Crippen molar-refractivity contribution in [2.24, 2.45) is 0 Å². The minimum atomic E-state index is -2.67. The maximum absolute atomic E-state index is 9.37. The van der Waals surface area contributed by atoms with Gasteiger partial charge >= 0.3 is 0 Å². The predicted octanol–water partition coefficient (Wildman–Crippen LogP) is 7.45. The lowest BCUT2D eigenvalue weighted by molar-refractivity contribution is 1.29. The van der Waals surface area contributed by atoms with Crippen molar-refractivity contribution in [2.75, 3.05) is 4.90 Å². The van der Waals surface area contributed by atoms with Crippen LogP contribution < -0.4 is 25.6 Å². The standard InChI is InChI=1S/C42H29N3Si/c43-28-31-27-34(30-44-29-31)32-23-25-33(26-24-32)37-17-7-8-18-38(37)45-39-19-9-11-21-41(39)46(35-13-3-1-4-14-35,36-15-5-2-6-16-36)42-22-12-10-20-40(42)45/h1-27,29-30H. The highest BCUT2D eigenvalue weighted by molar-refractivity contribution is 7.21. The van der Waals surface area contributed by atoms with Crippen LogP contribution in [0.1, 0.15) is 5.56 Å². The van der Waals surface area contributed by atoms with Gasteiger partial charge in [-0.05, 0) is 56.1 Å². The molecule has 0 saturated heterocycles. The van der Waals surface area contributed by atoms with Gasteiger partial charge in [0.25, 0.3) is 0 Å². The molecule has 1 aliphatic heterocycles. The number of para-hydroxylation sites is 3. The molecule has 0 aliphatic carbocycles. The number of benzene rings is 6. The van der Waals surface area contributed by atoms with Crippen LogP contribution in [-0.2, 0) is 0 Å². The van der Waals surface area contributed by atoms with Crippen LogP contribution >= 0.6 is 0 Å². The minimum Gasteiger partial charge on any atom is -0.310 e. The van der Waals surface area contributed by atoms with Crippen LogP contribution in [0.5, 0.6) is 0 Å². The van der Waals surface area contributed by atoms with Crippen LogP contribution in [0.3, 0.4) is 0 Å². The van der Waals surface area contributed by atoms with Gasteiger partial charge < -0.3 is 4.90 Å². The molecule has 3 nitrogen and oxygen atoms in total. The molecule has 0 saturated carbocycles. The molecule has 0 N–H and O–H groups in total. The first kappa shape index (κ1) is 27.5. The molecule has 2 heterocycles. The Kier molecular flexibility index (Phi) is 6.87. The molecule has 6 aromatic carbocycles. The van der Waals surface area contributed by atoms with Gasteiger partial charge in [0.2, 0.25) is 0 Å². The summed E-state index contributed by atoms with van der Waals surface area (Å²) >= 11 is 0. The first-order chi connectivity index (χ1) is 22.8. The van der Waals surface area contributed by atoms with E-state index in [1.807, 2.05) is 6.07 Å². The first-order valence-electron chi connectivity index (χ1n) is 15.4. The van der Waals surface area contributed by atoms with Gasteiger partial charge in [-0.25, -0.2) is 0 Å². The molecule has 0 spiro atoms. The summed E-state index contributed by atoms with van der Waals surface area (Å²) in [7, 11) is -2.67. The Balaban J connectivity index is 1.34. The molecule has 216 valence electrons. The van der Waals surface area contributed by atoms with Crippen molar-refractivity contribution in [1.29, 1.82) is 5.26 Å². The van der Waals surface area contributed by atoms with Gasteiger partial charge in [-0.2, -0.15) is 5.26 Å². The third-order valence-corrected chi connectivity index (χ3v) is 13.9. The number of anilines is 3. The average molecular weight is 604 g/mol. The zero-order valence-corrected chi connectivity index (χ0v) is 26.1. The molecule has 0 bridgehead atoms. The quantitative estimate of drug-likeness (QED) is 0.192. The van der Waals surface area contributed by atoms with Gasteiger partial charge in [-0.15, -0.1) is 0 Å². The fourth-order valence-corrected chi connectivity index (χ4v) is 12.2. The van der Waals surface area contributed by atoms with Gasteiger partial charge in [0.1, 0.15) is 6.07 Å². The van der Waals surface area contributed by atoms with E-state index >= 15 is 0 Å². The van der Waals surface area contributed by atoms with Gasteiger partial charge in [-0.3, -0.25) is 4.98 Å². The summed E-state index contributed by atoms with van der Waals surface area (Å²) in [6, 6.07) is 61.5. The second kappa shape index (κ2) is 11.5. The molecule has 0 amide bonds. The smallest absolute Gasteiger partial charge is 0.184 e. The van der Waals surface area contributed by atoms with Crippen LogP contribution in [0.15, 0.2) is 176 Å². The Morgan fingerprint density at radius 2 is 0.978 bits per heavy atom. The largest absolute Gasteiger partial charge is 0.310 e. The summed E-state index contributed by atoms with van der Waals surface area (Å²) in [4.78, 5) is 6.72. The number of nitriles is 1. The summed E-state index contributed by atoms with van der Waals surface area (Å²) in [5.41, 5.74) is 8.34. The molecular weight excluding hydrogens is 575 g/mol. The lowest BCUT2D eigenvalue weighted by Crippen LogP contribution is -2.77. The molecule has 0 unspecified atom stereocenters. The van der Waals surface area contributed by atoms with Gasteiger partial charge in [-0.1, -0.05) is 140 Å². The molecular formula is C42H29N3Si.